The number of benzene rings is 1. The summed E-state index contributed by atoms with van der Waals surface area (Å²) in [6, 6.07) is 10.3. The molecular weight excluding hydrogens is 212 g/mol. The van der Waals surface area contributed by atoms with E-state index in [4.69, 9.17) is 5.73 Å². The summed E-state index contributed by atoms with van der Waals surface area (Å²) in [7, 11) is 0. The van der Waals surface area contributed by atoms with Crippen LogP contribution in [-0.2, 0) is 11.2 Å². The zero-order chi connectivity index (χ0) is 12.5. The van der Waals surface area contributed by atoms with Crippen LogP contribution in [0, 0.1) is 0 Å². The van der Waals surface area contributed by atoms with Crippen molar-refractivity contribution in [1.82, 2.24) is 5.32 Å². The van der Waals surface area contributed by atoms with Gasteiger partial charge in [0.25, 0.3) is 0 Å². The first kappa shape index (κ1) is 13.7. The highest BCUT2D eigenvalue weighted by atomic mass is 16.1. The minimum atomic E-state index is 0.0769. The molecule has 0 spiro atoms. The fourth-order valence-electron chi connectivity index (χ4n) is 1.58. The minimum absolute atomic E-state index is 0.0769. The van der Waals surface area contributed by atoms with E-state index in [0.29, 0.717) is 13.0 Å². The molecule has 0 saturated carbocycles. The molecule has 3 N–H and O–H groups in total. The van der Waals surface area contributed by atoms with Gasteiger partial charge in [-0.2, -0.15) is 0 Å². The third-order valence-electron chi connectivity index (χ3n) is 2.80. The number of rotatable bonds is 7. The van der Waals surface area contributed by atoms with E-state index in [-0.39, 0.29) is 11.9 Å². The number of nitrogens with one attached hydrogen (secondary N) is 1. The third kappa shape index (κ3) is 6.07. The molecule has 0 aliphatic heterocycles. The second kappa shape index (κ2) is 7.85. The van der Waals surface area contributed by atoms with E-state index in [1.165, 1.54) is 5.56 Å². The van der Waals surface area contributed by atoms with E-state index in [9.17, 15) is 4.79 Å². The fraction of sp³-hybridized carbons (Fsp3) is 0.500. The Hall–Kier alpha value is -1.35. The molecule has 1 atom stereocenters. The minimum Gasteiger partial charge on any atom is -0.355 e. The van der Waals surface area contributed by atoms with Gasteiger partial charge in [0.2, 0.25) is 5.91 Å². The van der Waals surface area contributed by atoms with Crippen LogP contribution in [0.15, 0.2) is 30.3 Å². The molecule has 0 heterocycles. The van der Waals surface area contributed by atoms with Crippen LogP contribution in [0.2, 0.25) is 0 Å². The number of amides is 1. The quantitative estimate of drug-likeness (QED) is 0.756. The summed E-state index contributed by atoms with van der Waals surface area (Å²) in [6.45, 7) is 2.60. The van der Waals surface area contributed by atoms with Crippen LogP contribution < -0.4 is 11.1 Å². The summed E-state index contributed by atoms with van der Waals surface area (Å²) in [5, 5.41) is 2.86. The van der Waals surface area contributed by atoms with Gasteiger partial charge in [-0.05, 0) is 24.8 Å². The SMILES string of the molecule is CCC(N)CNC(=O)CCCc1ccccc1. The molecule has 1 amide bonds. The average Bonchev–Trinajstić information content (AvgIpc) is 2.37. The van der Waals surface area contributed by atoms with Gasteiger partial charge in [-0.1, -0.05) is 37.3 Å². The molecule has 94 valence electrons. The Balaban J connectivity index is 2.12. The van der Waals surface area contributed by atoms with E-state index in [0.717, 1.165) is 19.3 Å². The maximum Gasteiger partial charge on any atom is 0.220 e. The number of carbonyl (C=O) groups excluding carboxylic acids is 1. The molecule has 17 heavy (non-hydrogen) atoms. The van der Waals surface area contributed by atoms with Crippen molar-refractivity contribution in [2.45, 2.75) is 38.6 Å². The van der Waals surface area contributed by atoms with Gasteiger partial charge in [0.05, 0.1) is 0 Å². The summed E-state index contributed by atoms with van der Waals surface area (Å²) < 4.78 is 0. The maximum atomic E-state index is 11.5. The van der Waals surface area contributed by atoms with Gasteiger partial charge < -0.3 is 11.1 Å². The third-order valence-corrected chi connectivity index (χ3v) is 2.80. The van der Waals surface area contributed by atoms with E-state index in [1.54, 1.807) is 0 Å². The zero-order valence-electron chi connectivity index (χ0n) is 10.5. The smallest absolute Gasteiger partial charge is 0.220 e. The molecule has 3 nitrogen and oxygen atoms in total. The van der Waals surface area contributed by atoms with Crippen molar-refractivity contribution in [3.8, 4) is 0 Å². The highest BCUT2D eigenvalue weighted by Gasteiger charge is 2.03. The zero-order valence-corrected chi connectivity index (χ0v) is 10.5. The Morgan fingerprint density at radius 2 is 2.06 bits per heavy atom. The molecule has 1 rings (SSSR count). The Kier molecular flexibility index (Phi) is 6.33. The normalized spacial score (nSPS) is 12.1. The van der Waals surface area contributed by atoms with E-state index >= 15 is 0 Å². The molecule has 0 aliphatic carbocycles. The Morgan fingerprint density at radius 1 is 1.35 bits per heavy atom. The van der Waals surface area contributed by atoms with Crippen molar-refractivity contribution >= 4 is 5.91 Å². The summed E-state index contributed by atoms with van der Waals surface area (Å²) in [5.41, 5.74) is 7.01. The second-order valence-electron chi connectivity index (χ2n) is 4.31. The van der Waals surface area contributed by atoms with Crippen LogP contribution in [0.3, 0.4) is 0 Å². The lowest BCUT2D eigenvalue weighted by Crippen LogP contribution is -2.36. The van der Waals surface area contributed by atoms with Crippen LogP contribution in [0.5, 0.6) is 0 Å². The monoisotopic (exact) mass is 234 g/mol. The van der Waals surface area contributed by atoms with Gasteiger partial charge in [0.1, 0.15) is 0 Å². The Bertz CT molecular complexity index is 324. The molecule has 1 unspecified atom stereocenters. The first-order valence-corrected chi connectivity index (χ1v) is 6.28. The number of nitrogens with two attached hydrogens (primary N) is 1. The number of carbonyl (C=O) groups is 1. The topological polar surface area (TPSA) is 55.1 Å². The second-order valence-corrected chi connectivity index (χ2v) is 4.31. The van der Waals surface area contributed by atoms with Crippen molar-refractivity contribution in [2.75, 3.05) is 6.54 Å². The lowest BCUT2D eigenvalue weighted by atomic mass is 10.1. The number of aryl methyl sites for hydroxylation is 1. The first-order chi connectivity index (χ1) is 8.22. The van der Waals surface area contributed by atoms with Crippen LogP contribution in [0.4, 0.5) is 0 Å². The lowest BCUT2D eigenvalue weighted by molar-refractivity contribution is -0.121. The highest BCUT2D eigenvalue weighted by molar-refractivity contribution is 5.75. The summed E-state index contributed by atoms with van der Waals surface area (Å²) in [6.07, 6.45) is 3.31. The fourth-order valence-corrected chi connectivity index (χ4v) is 1.58. The van der Waals surface area contributed by atoms with Gasteiger partial charge in [-0.15, -0.1) is 0 Å². The van der Waals surface area contributed by atoms with Crippen molar-refractivity contribution in [1.29, 1.82) is 0 Å². The molecule has 1 aromatic carbocycles. The maximum absolute atomic E-state index is 11.5. The van der Waals surface area contributed by atoms with E-state index in [2.05, 4.69) is 17.4 Å². The predicted molar refractivity (Wildman–Crippen MR) is 70.7 cm³/mol. The largest absolute Gasteiger partial charge is 0.355 e. The molecule has 0 bridgehead atoms. The van der Waals surface area contributed by atoms with Gasteiger partial charge in [0, 0.05) is 19.0 Å². The molecular formula is C14H22N2O. The van der Waals surface area contributed by atoms with Gasteiger partial charge in [-0.25, -0.2) is 0 Å². The van der Waals surface area contributed by atoms with Gasteiger partial charge in [-0.3, -0.25) is 4.79 Å². The molecule has 0 radical (unpaired) electrons. The molecule has 1 aromatic rings. The summed E-state index contributed by atoms with van der Waals surface area (Å²) in [4.78, 5) is 11.5. The number of hydrogen-bond acceptors (Lipinski definition) is 2. The first-order valence-electron chi connectivity index (χ1n) is 6.28. The van der Waals surface area contributed by atoms with Crippen molar-refractivity contribution < 1.29 is 4.79 Å². The standard InChI is InChI=1S/C14H22N2O/c1-2-13(15)11-16-14(17)10-6-9-12-7-4-3-5-8-12/h3-5,7-8,13H,2,6,9-11,15H2,1H3,(H,16,17). The van der Waals surface area contributed by atoms with Gasteiger partial charge >= 0.3 is 0 Å². The molecule has 0 fully saturated rings. The van der Waals surface area contributed by atoms with Crippen LogP contribution in [0.1, 0.15) is 31.7 Å². The summed E-state index contributed by atoms with van der Waals surface area (Å²) in [5.74, 6) is 0.102. The van der Waals surface area contributed by atoms with Crippen LogP contribution >= 0.6 is 0 Å². The average molecular weight is 234 g/mol. The molecule has 0 saturated heterocycles. The van der Waals surface area contributed by atoms with Crippen LogP contribution in [0.25, 0.3) is 0 Å². The predicted octanol–water partition coefficient (Wildman–Crippen LogP) is 1.86. The molecule has 0 aromatic heterocycles. The molecule has 3 heteroatoms. The highest BCUT2D eigenvalue weighted by Crippen LogP contribution is 2.04. The number of hydrogen-bond donors (Lipinski definition) is 2. The van der Waals surface area contributed by atoms with E-state index < -0.39 is 0 Å². The van der Waals surface area contributed by atoms with E-state index in [1.807, 2.05) is 25.1 Å². The lowest BCUT2D eigenvalue weighted by Gasteiger charge is -2.10. The van der Waals surface area contributed by atoms with Crippen molar-refractivity contribution in [3.63, 3.8) is 0 Å². The Labute approximate surface area is 103 Å². The summed E-state index contributed by atoms with van der Waals surface area (Å²) >= 11 is 0. The molecule has 0 aliphatic rings. The van der Waals surface area contributed by atoms with Crippen molar-refractivity contribution in [2.24, 2.45) is 5.73 Å². The van der Waals surface area contributed by atoms with Crippen LogP contribution in [-0.4, -0.2) is 18.5 Å². The van der Waals surface area contributed by atoms with Gasteiger partial charge in [0.15, 0.2) is 0 Å². The Morgan fingerprint density at radius 3 is 2.71 bits per heavy atom. The van der Waals surface area contributed by atoms with Crippen molar-refractivity contribution in [3.05, 3.63) is 35.9 Å².